The van der Waals surface area contributed by atoms with Crippen LogP contribution in [-0.4, -0.2) is 34.7 Å². The van der Waals surface area contributed by atoms with E-state index in [0.29, 0.717) is 11.3 Å². The third-order valence-corrected chi connectivity index (χ3v) is 5.49. The van der Waals surface area contributed by atoms with Gasteiger partial charge in [0.15, 0.2) is 0 Å². The first-order valence-electron chi connectivity index (χ1n) is 8.08. The number of rotatable bonds is 6. The first kappa shape index (κ1) is 17.7. The van der Waals surface area contributed by atoms with E-state index in [2.05, 4.69) is 9.62 Å². The largest absolute Gasteiger partial charge is 0.380 e. The van der Waals surface area contributed by atoms with Crippen molar-refractivity contribution in [2.75, 3.05) is 29.8 Å². The molecule has 0 bridgehead atoms. The van der Waals surface area contributed by atoms with Crippen LogP contribution in [0.3, 0.4) is 0 Å². The zero-order valence-electron chi connectivity index (χ0n) is 14.0. The van der Waals surface area contributed by atoms with Gasteiger partial charge in [-0.1, -0.05) is 12.1 Å². The third kappa shape index (κ3) is 4.70. The van der Waals surface area contributed by atoms with Crippen molar-refractivity contribution in [2.45, 2.75) is 18.3 Å². The maximum atomic E-state index is 13.2. The smallest absolute Gasteiger partial charge is 0.236 e. The van der Waals surface area contributed by atoms with E-state index >= 15 is 0 Å². The predicted molar refractivity (Wildman–Crippen MR) is 96.7 cm³/mol. The average Bonchev–Trinajstić information content (AvgIpc) is 3.04. The van der Waals surface area contributed by atoms with E-state index in [0.717, 1.165) is 25.2 Å². The number of halogens is 1. The van der Waals surface area contributed by atoms with Gasteiger partial charge < -0.3 is 9.64 Å². The number of anilines is 2. The Morgan fingerprint density at radius 1 is 1.24 bits per heavy atom. The predicted octanol–water partition coefficient (Wildman–Crippen LogP) is 2.99. The molecule has 0 amide bonds. The molecule has 0 aliphatic carbocycles. The molecule has 2 aromatic rings. The SMILES string of the molecule is COC1CCN(c2ccc(NS(=O)(=O)Cc3cccc(F)c3)cc2)C1. The van der Waals surface area contributed by atoms with Gasteiger partial charge in [-0.3, -0.25) is 4.72 Å². The molecule has 1 aliphatic heterocycles. The Morgan fingerprint density at radius 3 is 2.64 bits per heavy atom. The van der Waals surface area contributed by atoms with Gasteiger partial charge >= 0.3 is 0 Å². The number of hydrogen-bond acceptors (Lipinski definition) is 4. The van der Waals surface area contributed by atoms with Crippen LogP contribution in [-0.2, 0) is 20.5 Å². The summed E-state index contributed by atoms with van der Waals surface area (Å²) >= 11 is 0. The Kier molecular flexibility index (Phi) is 5.24. The highest BCUT2D eigenvalue weighted by Gasteiger charge is 2.22. The lowest BCUT2D eigenvalue weighted by Gasteiger charge is -2.18. The fourth-order valence-corrected chi connectivity index (χ4v) is 4.14. The Labute approximate surface area is 147 Å². The van der Waals surface area contributed by atoms with Crippen LogP contribution in [0.2, 0.25) is 0 Å². The molecule has 1 N–H and O–H groups in total. The van der Waals surface area contributed by atoms with Gasteiger partial charge in [0.2, 0.25) is 10.0 Å². The molecule has 1 fully saturated rings. The van der Waals surface area contributed by atoms with Crippen LogP contribution in [0.1, 0.15) is 12.0 Å². The van der Waals surface area contributed by atoms with Gasteiger partial charge in [-0.2, -0.15) is 0 Å². The Bertz CT molecular complexity index is 824. The van der Waals surface area contributed by atoms with E-state index in [1.807, 2.05) is 12.1 Å². The molecule has 1 unspecified atom stereocenters. The van der Waals surface area contributed by atoms with Gasteiger partial charge in [0.25, 0.3) is 0 Å². The van der Waals surface area contributed by atoms with Crippen LogP contribution in [0.25, 0.3) is 0 Å². The second-order valence-corrected chi connectivity index (χ2v) is 7.85. The summed E-state index contributed by atoms with van der Waals surface area (Å²) in [6.45, 7) is 1.75. The number of hydrogen-bond donors (Lipinski definition) is 1. The molecule has 0 spiro atoms. The Balaban J connectivity index is 1.64. The molecule has 7 heteroatoms. The second kappa shape index (κ2) is 7.41. The molecule has 3 rings (SSSR count). The van der Waals surface area contributed by atoms with Crippen LogP contribution in [0.15, 0.2) is 48.5 Å². The first-order chi connectivity index (χ1) is 11.9. The lowest BCUT2D eigenvalue weighted by atomic mass is 10.2. The molecule has 25 heavy (non-hydrogen) atoms. The minimum absolute atomic E-state index is 0.240. The molecule has 0 aromatic heterocycles. The number of ether oxygens (including phenoxy) is 1. The zero-order valence-corrected chi connectivity index (χ0v) is 14.8. The van der Waals surface area contributed by atoms with Crippen LogP contribution in [0.4, 0.5) is 15.8 Å². The van der Waals surface area contributed by atoms with Crippen molar-refractivity contribution in [1.82, 2.24) is 0 Å². The van der Waals surface area contributed by atoms with E-state index in [9.17, 15) is 12.8 Å². The standard InChI is InChI=1S/C18H21FN2O3S/c1-24-18-9-10-21(12-18)17-7-5-16(6-8-17)20-25(22,23)13-14-3-2-4-15(19)11-14/h2-8,11,18,20H,9-10,12-13H2,1H3. The van der Waals surface area contributed by atoms with Gasteiger partial charge in [-0.05, 0) is 48.4 Å². The molecular formula is C18H21FN2O3S. The minimum Gasteiger partial charge on any atom is -0.380 e. The van der Waals surface area contributed by atoms with Gasteiger partial charge in [-0.25, -0.2) is 12.8 Å². The fourth-order valence-electron chi connectivity index (χ4n) is 2.96. The fraction of sp³-hybridized carbons (Fsp3) is 0.333. The molecule has 134 valence electrons. The molecule has 1 saturated heterocycles. The van der Waals surface area contributed by atoms with Crippen molar-refractivity contribution in [1.29, 1.82) is 0 Å². The highest BCUT2D eigenvalue weighted by atomic mass is 32.2. The maximum absolute atomic E-state index is 13.2. The molecule has 1 heterocycles. The van der Waals surface area contributed by atoms with E-state index in [4.69, 9.17) is 4.74 Å². The number of sulfonamides is 1. The second-order valence-electron chi connectivity index (χ2n) is 6.13. The lowest BCUT2D eigenvalue weighted by molar-refractivity contribution is 0.121. The van der Waals surface area contributed by atoms with Crippen LogP contribution >= 0.6 is 0 Å². The number of nitrogens with one attached hydrogen (secondary N) is 1. The summed E-state index contributed by atoms with van der Waals surface area (Å²) in [6, 6.07) is 12.8. The topological polar surface area (TPSA) is 58.6 Å². The summed E-state index contributed by atoms with van der Waals surface area (Å²) in [6.07, 6.45) is 1.22. The van der Waals surface area contributed by atoms with Crippen LogP contribution in [0.5, 0.6) is 0 Å². The maximum Gasteiger partial charge on any atom is 0.236 e. The first-order valence-corrected chi connectivity index (χ1v) is 9.73. The Morgan fingerprint density at radius 2 is 2.00 bits per heavy atom. The normalized spacial score (nSPS) is 17.7. The number of benzene rings is 2. The third-order valence-electron chi connectivity index (χ3n) is 4.23. The molecule has 0 radical (unpaired) electrons. The summed E-state index contributed by atoms with van der Waals surface area (Å²) in [4.78, 5) is 2.21. The summed E-state index contributed by atoms with van der Waals surface area (Å²) < 4.78 is 45.6. The molecule has 5 nitrogen and oxygen atoms in total. The Hall–Kier alpha value is -2.12. The van der Waals surface area contributed by atoms with E-state index in [1.165, 1.54) is 18.2 Å². The molecule has 1 atom stereocenters. The average molecular weight is 364 g/mol. The molecule has 2 aromatic carbocycles. The molecule has 1 aliphatic rings. The highest BCUT2D eigenvalue weighted by Crippen LogP contribution is 2.24. The van der Waals surface area contributed by atoms with Crippen LogP contribution in [0, 0.1) is 5.82 Å². The van der Waals surface area contributed by atoms with Crippen LogP contribution < -0.4 is 9.62 Å². The van der Waals surface area contributed by atoms with Crippen molar-refractivity contribution < 1.29 is 17.5 Å². The summed E-state index contributed by atoms with van der Waals surface area (Å²) in [5.74, 6) is -0.717. The summed E-state index contributed by atoms with van der Waals surface area (Å²) in [5, 5.41) is 0. The van der Waals surface area contributed by atoms with E-state index < -0.39 is 15.8 Å². The monoisotopic (exact) mass is 364 g/mol. The molecular weight excluding hydrogens is 343 g/mol. The van der Waals surface area contributed by atoms with Crippen molar-refractivity contribution in [2.24, 2.45) is 0 Å². The van der Waals surface area contributed by atoms with E-state index in [-0.39, 0.29) is 11.9 Å². The van der Waals surface area contributed by atoms with Gasteiger partial charge in [0, 0.05) is 31.6 Å². The quantitative estimate of drug-likeness (QED) is 0.856. The van der Waals surface area contributed by atoms with Crippen molar-refractivity contribution in [3.05, 3.63) is 59.9 Å². The zero-order chi connectivity index (χ0) is 17.9. The summed E-state index contributed by atoms with van der Waals surface area (Å²) in [5.41, 5.74) is 1.93. The number of methoxy groups -OCH3 is 1. The molecule has 0 saturated carbocycles. The lowest BCUT2D eigenvalue weighted by Crippen LogP contribution is -2.22. The van der Waals surface area contributed by atoms with Gasteiger partial charge in [-0.15, -0.1) is 0 Å². The van der Waals surface area contributed by atoms with Crippen molar-refractivity contribution >= 4 is 21.4 Å². The summed E-state index contributed by atoms with van der Waals surface area (Å²) in [7, 11) is -1.89. The van der Waals surface area contributed by atoms with Gasteiger partial charge in [0.05, 0.1) is 11.9 Å². The van der Waals surface area contributed by atoms with Gasteiger partial charge in [0.1, 0.15) is 5.82 Å². The van der Waals surface area contributed by atoms with Crippen molar-refractivity contribution in [3.8, 4) is 0 Å². The minimum atomic E-state index is -3.60. The number of nitrogens with zero attached hydrogens (tertiary/aromatic N) is 1. The van der Waals surface area contributed by atoms with E-state index in [1.54, 1.807) is 25.3 Å². The highest BCUT2D eigenvalue weighted by molar-refractivity contribution is 7.91. The van der Waals surface area contributed by atoms with Crippen molar-refractivity contribution in [3.63, 3.8) is 0 Å².